The molecule has 0 radical (unpaired) electrons. The van der Waals surface area contributed by atoms with Gasteiger partial charge in [0.2, 0.25) is 0 Å². The van der Waals surface area contributed by atoms with Crippen LogP contribution in [0.1, 0.15) is 42.5 Å². The largest absolute Gasteiger partial charge is 0.376 e. The van der Waals surface area contributed by atoms with Crippen LogP contribution in [0.3, 0.4) is 0 Å². The van der Waals surface area contributed by atoms with E-state index in [-0.39, 0.29) is 18.0 Å². The minimum atomic E-state index is -0.270. The summed E-state index contributed by atoms with van der Waals surface area (Å²) >= 11 is 0. The van der Waals surface area contributed by atoms with E-state index in [0.717, 1.165) is 45.4 Å². The van der Waals surface area contributed by atoms with E-state index in [9.17, 15) is 9.59 Å². The van der Waals surface area contributed by atoms with Crippen LogP contribution in [-0.2, 0) is 4.74 Å². The molecule has 0 spiro atoms. The maximum atomic E-state index is 12.5. The zero-order valence-electron chi connectivity index (χ0n) is 13.9. The van der Waals surface area contributed by atoms with Crippen LogP contribution in [-0.4, -0.2) is 49.2 Å². The van der Waals surface area contributed by atoms with Gasteiger partial charge in [0.05, 0.1) is 6.10 Å². The summed E-state index contributed by atoms with van der Waals surface area (Å²) in [7, 11) is 0. The van der Waals surface area contributed by atoms with Crippen molar-refractivity contribution in [2.45, 2.75) is 38.2 Å². The molecule has 6 heteroatoms. The van der Waals surface area contributed by atoms with Crippen molar-refractivity contribution in [3.63, 3.8) is 0 Å². The molecule has 2 aliphatic rings. The SMILES string of the molecule is O=C(NC[C@@H]1CCCO1)Nc1cccc(C(=O)N2CCCCC2)c1. The number of likely N-dealkylation sites (tertiary alicyclic amines) is 1. The summed E-state index contributed by atoms with van der Waals surface area (Å²) in [4.78, 5) is 26.4. The first-order valence-corrected chi connectivity index (χ1v) is 8.78. The highest BCUT2D eigenvalue weighted by atomic mass is 16.5. The zero-order chi connectivity index (χ0) is 16.8. The van der Waals surface area contributed by atoms with Crippen LogP contribution in [0.4, 0.5) is 10.5 Å². The molecule has 1 atom stereocenters. The Morgan fingerprint density at radius 3 is 2.75 bits per heavy atom. The van der Waals surface area contributed by atoms with Gasteiger partial charge < -0.3 is 20.3 Å². The third kappa shape index (κ3) is 4.47. The lowest BCUT2D eigenvalue weighted by molar-refractivity contribution is 0.0724. The van der Waals surface area contributed by atoms with Crippen molar-refractivity contribution >= 4 is 17.6 Å². The number of benzene rings is 1. The second-order valence-electron chi connectivity index (χ2n) is 6.40. The zero-order valence-corrected chi connectivity index (χ0v) is 13.9. The Morgan fingerprint density at radius 1 is 1.17 bits per heavy atom. The van der Waals surface area contributed by atoms with Gasteiger partial charge in [-0.25, -0.2) is 4.79 Å². The van der Waals surface area contributed by atoms with Crippen molar-refractivity contribution in [3.05, 3.63) is 29.8 Å². The number of amides is 3. The Bertz CT molecular complexity index is 579. The van der Waals surface area contributed by atoms with Gasteiger partial charge in [-0.1, -0.05) is 6.07 Å². The number of carbonyl (C=O) groups is 2. The molecule has 24 heavy (non-hydrogen) atoms. The highest BCUT2D eigenvalue weighted by molar-refractivity contribution is 5.97. The quantitative estimate of drug-likeness (QED) is 0.891. The average Bonchev–Trinajstić information content (AvgIpc) is 3.14. The number of urea groups is 1. The van der Waals surface area contributed by atoms with Crippen molar-refractivity contribution in [3.8, 4) is 0 Å². The summed E-state index contributed by atoms with van der Waals surface area (Å²) in [6, 6.07) is 6.86. The fourth-order valence-corrected chi connectivity index (χ4v) is 3.20. The van der Waals surface area contributed by atoms with Crippen LogP contribution in [0, 0.1) is 0 Å². The van der Waals surface area contributed by atoms with Gasteiger partial charge in [-0.15, -0.1) is 0 Å². The Hall–Kier alpha value is -2.08. The van der Waals surface area contributed by atoms with Gasteiger partial charge in [0.25, 0.3) is 5.91 Å². The molecule has 3 amide bonds. The van der Waals surface area contributed by atoms with Gasteiger partial charge in [-0.3, -0.25) is 4.79 Å². The molecule has 0 aromatic heterocycles. The van der Waals surface area contributed by atoms with Crippen molar-refractivity contribution < 1.29 is 14.3 Å². The van der Waals surface area contributed by atoms with E-state index in [2.05, 4.69) is 10.6 Å². The molecule has 0 aliphatic carbocycles. The van der Waals surface area contributed by atoms with Gasteiger partial charge in [0.1, 0.15) is 0 Å². The molecule has 2 N–H and O–H groups in total. The van der Waals surface area contributed by atoms with E-state index in [0.29, 0.717) is 17.8 Å². The molecule has 0 saturated carbocycles. The first-order valence-electron chi connectivity index (χ1n) is 8.78. The van der Waals surface area contributed by atoms with Crippen LogP contribution < -0.4 is 10.6 Å². The number of anilines is 1. The molecule has 6 nitrogen and oxygen atoms in total. The third-order valence-corrected chi connectivity index (χ3v) is 4.52. The van der Waals surface area contributed by atoms with E-state index in [1.54, 1.807) is 24.3 Å². The van der Waals surface area contributed by atoms with E-state index >= 15 is 0 Å². The molecular formula is C18H25N3O3. The molecule has 2 saturated heterocycles. The predicted molar refractivity (Wildman–Crippen MR) is 92.2 cm³/mol. The van der Waals surface area contributed by atoms with Crippen LogP contribution in [0.5, 0.6) is 0 Å². The van der Waals surface area contributed by atoms with Gasteiger partial charge in [0.15, 0.2) is 0 Å². The molecule has 3 rings (SSSR count). The fraction of sp³-hybridized carbons (Fsp3) is 0.556. The van der Waals surface area contributed by atoms with Crippen molar-refractivity contribution in [2.24, 2.45) is 0 Å². The second kappa shape index (κ2) is 8.15. The molecule has 0 bridgehead atoms. The summed E-state index contributed by atoms with van der Waals surface area (Å²) < 4.78 is 5.48. The van der Waals surface area contributed by atoms with Crippen LogP contribution in [0.2, 0.25) is 0 Å². The first-order chi connectivity index (χ1) is 11.7. The highest BCUT2D eigenvalue weighted by Crippen LogP contribution is 2.16. The lowest BCUT2D eigenvalue weighted by atomic mass is 10.1. The van der Waals surface area contributed by atoms with Crippen molar-refractivity contribution in [1.82, 2.24) is 10.2 Å². The monoisotopic (exact) mass is 331 g/mol. The molecule has 130 valence electrons. The lowest BCUT2D eigenvalue weighted by Gasteiger charge is -2.26. The molecule has 1 aromatic rings. The number of rotatable bonds is 4. The number of carbonyl (C=O) groups excluding carboxylic acids is 2. The summed E-state index contributed by atoms with van der Waals surface area (Å²) in [5.41, 5.74) is 1.25. The maximum Gasteiger partial charge on any atom is 0.319 e. The Labute approximate surface area is 142 Å². The average molecular weight is 331 g/mol. The van der Waals surface area contributed by atoms with Crippen LogP contribution >= 0.6 is 0 Å². The van der Waals surface area contributed by atoms with Crippen molar-refractivity contribution in [1.29, 1.82) is 0 Å². The van der Waals surface area contributed by atoms with E-state index in [1.165, 1.54) is 6.42 Å². The minimum Gasteiger partial charge on any atom is -0.376 e. The van der Waals surface area contributed by atoms with E-state index < -0.39 is 0 Å². The molecule has 0 unspecified atom stereocenters. The molecular weight excluding hydrogens is 306 g/mol. The normalized spacial score (nSPS) is 20.7. The Morgan fingerprint density at radius 2 is 2.00 bits per heavy atom. The maximum absolute atomic E-state index is 12.5. The van der Waals surface area contributed by atoms with E-state index in [4.69, 9.17) is 4.74 Å². The molecule has 2 heterocycles. The van der Waals surface area contributed by atoms with Crippen LogP contribution in [0.15, 0.2) is 24.3 Å². The predicted octanol–water partition coefficient (Wildman–Crippen LogP) is 2.61. The standard InChI is InChI=1S/C18H25N3O3/c22-17(21-9-2-1-3-10-21)14-6-4-7-15(12-14)20-18(23)19-13-16-8-5-11-24-16/h4,6-7,12,16H,1-3,5,8-11,13H2,(H2,19,20,23)/t16-/m0/s1. The summed E-state index contributed by atoms with van der Waals surface area (Å²) in [6.07, 6.45) is 5.47. The first kappa shape index (κ1) is 16.8. The third-order valence-electron chi connectivity index (χ3n) is 4.52. The van der Waals surface area contributed by atoms with Gasteiger partial charge in [0, 0.05) is 37.5 Å². The number of hydrogen-bond donors (Lipinski definition) is 2. The fourth-order valence-electron chi connectivity index (χ4n) is 3.20. The lowest BCUT2D eigenvalue weighted by Crippen LogP contribution is -2.36. The number of nitrogens with one attached hydrogen (secondary N) is 2. The summed E-state index contributed by atoms with van der Waals surface area (Å²) in [5, 5.41) is 5.60. The minimum absolute atomic E-state index is 0.0399. The highest BCUT2D eigenvalue weighted by Gasteiger charge is 2.19. The van der Waals surface area contributed by atoms with E-state index in [1.807, 2.05) is 4.90 Å². The number of ether oxygens (including phenoxy) is 1. The van der Waals surface area contributed by atoms with Crippen LogP contribution in [0.25, 0.3) is 0 Å². The van der Waals surface area contributed by atoms with Crippen molar-refractivity contribution in [2.75, 3.05) is 31.6 Å². The molecule has 1 aromatic carbocycles. The second-order valence-corrected chi connectivity index (χ2v) is 6.40. The van der Waals surface area contributed by atoms with Gasteiger partial charge >= 0.3 is 6.03 Å². The smallest absolute Gasteiger partial charge is 0.319 e. The summed E-state index contributed by atoms with van der Waals surface area (Å²) in [6.45, 7) is 2.92. The molecule has 2 fully saturated rings. The number of hydrogen-bond acceptors (Lipinski definition) is 3. The number of nitrogens with zero attached hydrogens (tertiary/aromatic N) is 1. The van der Waals surface area contributed by atoms with Gasteiger partial charge in [-0.05, 0) is 50.3 Å². The summed E-state index contributed by atoms with van der Waals surface area (Å²) in [5.74, 6) is 0.0399. The Kier molecular flexibility index (Phi) is 5.69. The van der Waals surface area contributed by atoms with Gasteiger partial charge in [-0.2, -0.15) is 0 Å². The number of piperidine rings is 1. The Balaban J connectivity index is 1.54. The molecule has 2 aliphatic heterocycles. The topological polar surface area (TPSA) is 70.7 Å².